The van der Waals surface area contributed by atoms with Crippen molar-refractivity contribution in [3.8, 4) is 0 Å². The predicted octanol–water partition coefficient (Wildman–Crippen LogP) is 2.54. The number of hydrogen-bond acceptors (Lipinski definition) is 3. The van der Waals surface area contributed by atoms with Crippen molar-refractivity contribution in [2.45, 2.75) is 13.0 Å². The van der Waals surface area contributed by atoms with E-state index in [9.17, 15) is 0 Å². The molecular formula is C12H11ClN2O. The molecule has 0 amide bonds. The van der Waals surface area contributed by atoms with Crippen LogP contribution in [-0.4, -0.2) is 11.6 Å². The monoisotopic (exact) mass is 234 g/mol. The van der Waals surface area contributed by atoms with E-state index in [1.807, 2.05) is 18.2 Å². The molecule has 0 saturated carbocycles. The summed E-state index contributed by atoms with van der Waals surface area (Å²) in [4.78, 5) is 4.58. The van der Waals surface area contributed by atoms with E-state index in [0.717, 1.165) is 34.3 Å². The summed E-state index contributed by atoms with van der Waals surface area (Å²) >= 11 is 6.12. The number of fused-ring (bicyclic) bond motifs is 2. The SMILES string of the molecule is Nc1c2c(nc3c(Cl)cccc13)CCOC2. The minimum absolute atomic E-state index is 0.552. The van der Waals surface area contributed by atoms with E-state index in [1.54, 1.807) is 0 Å². The van der Waals surface area contributed by atoms with Crippen molar-refractivity contribution in [1.82, 2.24) is 4.98 Å². The highest BCUT2D eigenvalue weighted by Gasteiger charge is 2.17. The van der Waals surface area contributed by atoms with Crippen LogP contribution in [0.2, 0.25) is 5.02 Å². The number of nitrogens with two attached hydrogens (primary N) is 1. The first-order chi connectivity index (χ1) is 7.77. The van der Waals surface area contributed by atoms with Crippen LogP contribution in [0.15, 0.2) is 18.2 Å². The van der Waals surface area contributed by atoms with Gasteiger partial charge >= 0.3 is 0 Å². The lowest BCUT2D eigenvalue weighted by molar-refractivity contribution is 0.110. The number of pyridine rings is 1. The lowest BCUT2D eigenvalue weighted by atomic mass is 10.0. The number of halogens is 1. The zero-order valence-electron chi connectivity index (χ0n) is 8.66. The van der Waals surface area contributed by atoms with Crippen molar-refractivity contribution in [3.63, 3.8) is 0 Å². The summed E-state index contributed by atoms with van der Waals surface area (Å²) in [5, 5.41) is 1.57. The lowest BCUT2D eigenvalue weighted by Gasteiger charge is -2.19. The molecular weight excluding hydrogens is 224 g/mol. The Morgan fingerprint density at radius 1 is 1.38 bits per heavy atom. The van der Waals surface area contributed by atoms with Gasteiger partial charge in [-0.15, -0.1) is 0 Å². The van der Waals surface area contributed by atoms with Gasteiger partial charge in [0.1, 0.15) is 0 Å². The van der Waals surface area contributed by atoms with Crippen LogP contribution in [0.4, 0.5) is 5.69 Å². The molecule has 0 spiro atoms. The van der Waals surface area contributed by atoms with E-state index in [-0.39, 0.29) is 0 Å². The van der Waals surface area contributed by atoms with Crippen LogP contribution in [-0.2, 0) is 17.8 Å². The molecule has 2 aromatic rings. The van der Waals surface area contributed by atoms with E-state index in [2.05, 4.69) is 4.98 Å². The zero-order chi connectivity index (χ0) is 11.1. The summed E-state index contributed by atoms with van der Waals surface area (Å²) in [6.45, 7) is 1.26. The molecule has 1 aromatic carbocycles. The van der Waals surface area contributed by atoms with Crippen LogP contribution in [0.25, 0.3) is 10.9 Å². The topological polar surface area (TPSA) is 48.1 Å². The van der Waals surface area contributed by atoms with Gasteiger partial charge in [-0.05, 0) is 6.07 Å². The van der Waals surface area contributed by atoms with E-state index < -0.39 is 0 Å². The van der Waals surface area contributed by atoms with E-state index >= 15 is 0 Å². The number of aromatic nitrogens is 1. The molecule has 4 heteroatoms. The Morgan fingerprint density at radius 2 is 2.25 bits per heavy atom. The smallest absolute Gasteiger partial charge is 0.0912 e. The number of para-hydroxylation sites is 1. The number of benzene rings is 1. The number of nitrogens with zero attached hydrogens (tertiary/aromatic N) is 1. The normalized spacial score (nSPS) is 15.1. The van der Waals surface area contributed by atoms with Crippen molar-refractivity contribution in [1.29, 1.82) is 0 Å². The van der Waals surface area contributed by atoms with Crippen LogP contribution < -0.4 is 5.73 Å². The Kier molecular flexibility index (Phi) is 2.23. The Labute approximate surface area is 98.2 Å². The van der Waals surface area contributed by atoms with Gasteiger partial charge in [0, 0.05) is 23.1 Å². The molecule has 1 aliphatic rings. The first-order valence-corrected chi connectivity index (χ1v) is 5.58. The van der Waals surface area contributed by atoms with Crippen LogP contribution >= 0.6 is 11.6 Å². The van der Waals surface area contributed by atoms with Gasteiger partial charge in [0.25, 0.3) is 0 Å². The second-order valence-corrected chi connectivity index (χ2v) is 4.30. The molecule has 3 nitrogen and oxygen atoms in total. The average Bonchev–Trinajstić information content (AvgIpc) is 2.31. The third kappa shape index (κ3) is 1.36. The number of anilines is 1. The fourth-order valence-electron chi connectivity index (χ4n) is 2.08. The predicted molar refractivity (Wildman–Crippen MR) is 64.5 cm³/mol. The van der Waals surface area contributed by atoms with Gasteiger partial charge in [-0.2, -0.15) is 0 Å². The maximum absolute atomic E-state index is 6.13. The largest absolute Gasteiger partial charge is 0.398 e. The highest BCUT2D eigenvalue weighted by atomic mass is 35.5. The zero-order valence-corrected chi connectivity index (χ0v) is 9.42. The second-order valence-electron chi connectivity index (χ2n) is 3.89. The fraction of sp³-hybridized carbons (Fsp3) is 0.250. The summed E-state index contributed by atoms with van der Waals surface area (Å²) in [5.41, 5.74) is 9.71. The molecule has 1 aromatic heterocycles. The molecule has 0 unspecified atom stereocenters. The lowest BCUT2D eigenvalue weighted by Crippen LogP contribution is -2.14. The summed E-state index contributed by atoms with van der Waals surface area (Å²) in [5.74, 6) is 0. The number of ether oxygens (including phenoxy) is 1. The quantitative estimate of drug-likeness (QED) is 0.762. The highest BCUT2D eigenvalue weighted by Crippen LogP contribution is 2.32. The van der Waals surface area contributed by atoms with Gasteiger partial charge in [0.05, 0.1) is 29.4 Å². The van der Waals surface area contributed by atoms with Crippen LogP contribution in [0.3, 0.4) is 0 Å². The second kappa shape index (κ2) is 3.61. The summed E-state index contributed by atoms with van der Waals surface area (Å²) < 4.78 is 5.40. The van der Waals surface area contributed by atoms with Crippen molar-refractivity contribution in [2.75, 3.05) is 12.3 Å². The maximum Gasteiger partial charge on any atom is 0.0912 e. The number of rotatable bonds is 0. The number of hydrogen-bond donors (Lipinski definition) is 1. The third-order valence-electron chi connectivity index (χ3n) is 2.93. The highest BCUT2D eigenvalue weighted by molar-refractivity contribution is 6.35. The third-order valence-corrected chi connectivity index (χ3v) is 3.23. The number of nitrogen functional groups attached to an aromatic ring is 1. The average molecular weight is 235 g/mol. The van der Waals surface area contributed by atoms with Gasteiger partial charge in [-0.3, -0.25) is 4.98 Å². The van der Waals surface area contributed by atoms with E-state index in [4.69, 9.17) is 22.1 Å². The Balaban J connectivity index is 2.39. The fourth-order valence-corrected chi connectivity index (χ4v) is 2.29. The minimum Gasteiger partial charge on any atom is -0.398 e. The molecule has 3 rings (SSSR count). The first-order valence-electron chi connectivity index (χ1n) is 5.20. The van der Waals surface area contributed by atoms with E-state index in [0.29, 0.717) is 18.2 Å². The van der Waals surface area contributed by atoms with Gasteiger partial charge < -0.3 is 10.5 Å². The standard InChI is InChI=1S/C12H11ClN2O/c13-9-3-1-2-7-11(14)8-6-16-5-4-10(8)15-12(7)9/h1-3H,4-6H2,(H2,14,15). The van der Waals surface area contributed by atoms with Gasteiger partial charge in [-0.25, -0.2) is 0 Å². The molecule has 0 fully saturated rings. The Hall–Kier alpha value is -1.32. The summed E-state index contributed by atoms with van der Waals surface area (Å²) in [6, 6.07) is 5.67. The van der Waals surface area contributed by atoms with Gasteiger partial charge in [-0.1, -0.05) is 23.7 Å². The molecule has 0 radical (unpaired) electrons. The molecule has 0 saturated heterocycles. The summed E-state index contributed by atoms with van der Waals surface area (Å²) in [6.07, 6.45) is 0.806. The molecule has 2 heterocycles. The summed E-state index contributed by atoms with van der Waals surface area (Å²) in [7, 11) is 0. The molecule has 0 bridgehead atoms. The Morgan fingerprint density at radius 3 is 3.12 bits per heavy atom. The van der Waals surface area contributed by atoms with Crippen molar-refractivity contribution in [2.24, 2.45) is 0 Å². The van der Waals surface area contributed by atoms with E-state index in [1.165, 1.54) is 0 Å². The van der Waals surface area contributed by atoms with Crippen molar-refractivity contribution < 1.29 is 4.74 Å². The molecule has 2 N–H and O–H groups in total. The molecule has 82 valence electrons. The van der Waals surface area contributed by atoms with Gasteiger partial charge in [0.2, 0.25) is 0 Å². The maximum atomic E-state index is 6.13. The molecule has 0 aliphatic carbocycles. The molecule has 16 heavy (non-hydrogen) atoms. The first kappa shape index (κ1) is 9.87. The van der Waals surface area contributed by atoms with Crippen molar-refractivity contribution in [3.05, 3.63) is 34.5 Å². The molecule has 0 atom stereocenters. The molecule has 1 aliphatic heterocycles. The van der Waals surface area contributed by atoms with Crippen LogP contribution in [0.1, 0.15) is 11.3 Å². The Bertz CT molecular complexity index is 568. The minimum atomic E-state index is 0.552. The van der Waals surface area contributed by atoms with Gasteiger partial charge in [0.15, 0.2) is 0 Å². The van der Waals surface area contributed by atoms with Crippen LogP contribution in [0, 0.1) is 0 Å². The van der Waals surface area contributed by atoms with Crippen molar-refractivity contribution >= 4 is 28.2 Å². The van der Waals surface area contributed by atoms with Crippen LogP contribution in [0.5, 0.6) is 0 Å².